The van der Waals surface area contributed by atoms with Gasteiger partial charge in [-0.15, -0.1) is 0 Å². The number of benzene rings is 1. The van der Waals surface area contributed by atoms with Gasteiger partial charge in [0.15, 0.2) is 0 Å². The third kappa shape index (κ3) is 2.93. The van der Waals surface area contributed by atoms with Gasteiger partial charge in [0.1, 0.15) is 17.2 Å². The monoisotopic (exact) mass is 287 g/mol. The molecule has 0 amide bonds. The number of ether oxygens (including phenoxy) is 1. The molecule has 0 aliphatic heterocycles. The molecule has 4 nitrogen and oxygen atoms in total. The van der Waals surface area contributed by atoms with Crippen LogP contribution in [0, 0.1) is 0 Å². The number of nitrogens with zero attached hydrogens (tertiary/aromatic N) is 1. The van der Waals surface area contributed by atoms with Crippen LogP contribution < -0.4 is 4.74 Å². The largest absolute Gasteiger partial charge is 0.496 e. The van der Waals surface area contributed by atoms with Crippen molar-refractivity contribution in [2.45, 2.75) is 12.6 Å². The average molecular weight is 287 g/mol. The summed E-state index contributed by atoms with van der Waals surface area (Å²) in [6.45, 7) is -0.131. The maximum Gasteiger partial charge on any atom is 0.416 e. The minimum atomic E-state index is -4.45. The molecular formula is C13H12F3NO3. The van der Waals surface area contributed by atoms with E-state index in [1.807, 2.05) is 0 Å². The van der Waals surface area contributed by atoms with E-state index in [-0.39, 0.29) is 30.0 Å². The van der Waals surface area contributed by atoms with Gasteiger partial charge in [-0.05, 0) is 18.2 Å². The van der Waals surface area contributed by atoms with E-state index in [0.717, 1.165) is 12.1 Å². The van der Waals surface area contributed by atoms with Gasteiger partial charge >= 0.3 is 6.18 Å². The number of halogens is 3. The first kappa shape index (κ1) is 14.4. The zero-order valence-corrected chi connectivity index (χ0v) is 10.6. The van der Waals surface area contributed by atoms with Gasteiger partial charge in [0.25, 0.3) is 0 Å². The number of hydrogen-bond acceptors (Lipinski definition) is 4. The molecule has 0 saturated heterocycles. The summed E-state index contributed by atoms with van der Waals surface area (Å²) in [6.07, 6.45) is -4.20. The van der Waals surface area contributed by atoms with E-state index < -0.39 is 11.7 Å². The van der Waals surface area contributed by atoms with Gasteiger partial charge in [0.05, 0.1) is 19.3 Å². The van der Waals surface area contributed by atoms with Crippen molar-refractivity contribution < 1.29 is 27.5 Å². The van der Waals surface area contributed by atoms with Crippen molar-refractivity contribution in [3.8, 4) is 17.0 Å². The highest BCUT2D eigenvalue weighted by atomic mass is 19.4. The van der Waals surface area contributed by atoms with Crippen molar-refractivity contribution in [3.63, 3.8) is 0 Å². The van der Waals surface area contributed by atoms with Gasteiger partial charge in [-0.2, -0.15) is 13.2 Å². The molecule has 2 rings (SSSR count). The molecule has 0 aliphatic carbocycles. The number of aliphatic hydroxyl groups excluding tert-OH is 1. The Morgan fingerprint density at radius 1 is 1.30 bits per heavy atom. The molecule has 0 saturated carbocycles. The van der Waals surface area contributed by atoms with Crippen LogP contribution in [0.2, 0.25) is 0 Å². The highest BCUT2D eigenvalue weighted by Gasteiger charge is 2.31. The van der Waals surface area contributed by atoms with Crippen molar-refractivity contribution in [3.05, 3.63) is 35.6 Å². The number of aliphatic hydroxyl groups is 1. The Morgan fingerprint density at radius 2 is 2.05 bits per heavy atom. The van der Waals surface area contributed by atoms with Gasteiger partial charge in [-0.3, -0.25) is 0 Å². The fraction of sp³-hybridized carbons (Fsp3) is 0.308. The topological polar surface area (TPSA) is 55.5 Å². The van der Waals surface area contributed by atoms with Gasteiger partial charge in [0, 0.05) is 18.1 Å². The molecule has 1 N–H and O–H groups in total. The lowest BCUT2D eigenvalue weighted by atomic mass is 10.1. The molecule has 1 heterocycles. The first-order valence-electron chi connectivity index (χ1n) is 5.77. The maximum absolute atomic E-state index is 12.7. The minimum absolute atomic E-state index is 0.131. The lowest BCUT2D eigenvalue weighted by molar-refractivity contribution is -0.137. The Bertz CT molecular complexity index is 593. The molecule has 0 fully saturated rings. The van der Waals surface area contributed by atoms with Gasteiger partial charge < -0.3 is 14.4 Å². The van der Waals surface area contributed by atoms with Crippen LogP contribution in [0.1, 0.15) is 11.3 Å². The second-order valence-electron chi connectivity index (χ2n) is 4.06. The third-order valence-electron chi connectivity index (χ3n) is 2.72. The number of rotatable bonds is 4. The second-order valence-corrected chi connectivity index (χ2v) is 4.06. The highest BCUT2D eigenvalue weighted by Crippen LogP contribution is 2.36. The number of aromatic nitrogens is 1. The Morgan fingerprint density at radius 3 is 2.65 bits per heavy atom. The van der Waals surface area contributed by atoms with Gasteiger partial charge in [-0.25, -0.2) is 0 Å². The summed E-state index contributed by atoms with van der Waals surface area (Å²) in [7, 11) is 1.36. The Balaban J connectivity index is 2.46. The second kappa shape index (κ2) is 5.54. The van der Waals surface area contributed by atoms with Crippen LogP contribution >= 0.6 is 0 Å². The molecule has 0 spiro atoms. The Hall–Kier alpha value is -2.02. The third-order valence-corrected chi connectivity index (χ3v) is 2.72. The normalized spacial score (nSPS) is 11.7. The quantitative estimate of drug-likeness (QED) is 0.939. The van der Waals surface area contributed by atoms with E-state index in [4.69, 9.17) is 14.4 Å². The molecule has 7 heteroatoms. The summed E-state index contributed by atoms with van der Waals surface area (Å²) in [5.74, 6) is 0.656. The first-order chi connectivity index (χ1) is 9.45. The molecule has 2 aromatic rings. The maximum atomic E-state index is 12.7. The van der Waals surface area contributed by atoms with Crippen LogP contribution in [-0.4, -0.2) is 24.0 Å². The zero-order valence-electron chi connectivity index (χ0n) is 10.6. The average Bonchev–Trinajstić information content (AvgIpc) is 2.86. The number of methoxy groups -OCH3 is 1. The molecule has 108 valence electrons. The van der Waals surface area contributed by atoms with Crippen molar-refractivity contribution in [1.82, 2.24) is 5.16 Å². The molecule has 0 aliphatic rings. The van der Waals surface area contributed by atoms with E-state index in [1.165, 1.54) is 19.2 Å². The molecule has 20 heavy (non-hydrogen) atoms. The van der Waals surface area contributed by atoms with E-state index in [1.54, 1.807) is 0 Å². The van der Waals surface area contributed by atoms with Crippen molar-refractivity contribution >= 4 is 0 Å². The summed E-state index contributed by atoms with van der Waals surface area (Å²) in [5.41, 5.74) is -0.369. The van der Waals surface area contributed by atoms with Crippen molar-refractivity contribution in [1.29, 1.82) is 0 Å². The molecule has 0 unspecified atom stereocenters. The molecule has 1 aromatic heterocycles. The van der Waals surface area contributed by atoms with E-state index in [2.05, 4.69) is 5.16 Å². The first-order valence-corrected chi connectivity index (χ1v) is 5.77. The highest BCUT2D eigenvalue weighted by molar-refractivity contribution is 5.68. The van der Waals surface area contributed by atoms with Crippen LogP contribution in [0.3, 0.4) is 0 Å². The SMILES string of the molecule is COc1ccc(C(F)(F)F)cc1-c1cc(CCO)on1. The van der Waals surface area contributed by atoms with Crippen molar-refractivity contribution in [2.24, 2.45) is 0 Å². The van der Waals surface area contributed by atoms with E-state index in [9.17, 15) is 13.2 Å². The minimum Gasteiger partial charge on any atom is -0.496 e. The summed E-state index contributed by atoms with van der Waals surface area (Å²) >= 11 is 0. The fourth-order valence-electron chi connectivity index (χ4n) is 1.75. The lowest BCUT2D eigenvalue weighted by Gasteiger charge is -2.11. The number of alkyl halides is 3. The number of hydrogen-bond donors (Lipinski definition) is 1. The van der Waals surface area contributed by atoms with Crippen LogP contribution in [0.5, 0.6) is 5.75 Å². The van der Waals surface area contributed by atoms with E-state index >= 15 is 0 Å². The van der Waals surface area contributed by atoms with Crippen LogP contribution in [0.4, 0.5) is 13.2 Å². The summed E-state index contributed by atoms with van der Waals surface area (Å²) in [4.78, 5) is 0. The summed E-state index contributed by atoms with van der Waals surface area (Å²) in [5, 5.41) is 12.5. The lowest BCUT2D eigenvalue weighted by Crippen LogP contribution is -2.05. The van der Waals surface area contributed by atoms with Gasteiger partial charge in [-0.1, -0.05) is 5.16 Å². The summed E-state index contributed by atoms with van der Waals surface area (Å²) < 4.78 is 48.2. The van der Waals surface area contributed by atoms with Crippen molar-refractivity contribution in [2.75, 3.05) is 13.7 Å². The molecule has 0 atom stereocenters. The Labute approximate surface area is 112 Å². The van der Waals surface area contributed by atoms with Crippen LogP contribution in [0.15, 0.2) is 28.8 Å². The van der Waals surface area contributed by atoms with Crippen LogP contribution in [-0.2, 0) is 12.6 Å². The smallest absolute Gasteiger partial charge is 0.416 e. The molecular weight excluding hydrogens is 275 g/mol. The molecule has 0 radical (unpaired) electrons. The zero-order chi connectivity index (χ0) is 14.8. The predicted molar refractivity (Wildman–Crippen MR) is 64.3 cm³/mol. The Kier molecular flexibility index (Phi) is 3.99. The fourth-order valence-corrected chi connectivity index (χ4v) is 1.75. The predicted octanol–water partition coefficient (Wildman–Crippen LogP) is 2.90. The molecule has 1 aromatic carbocycles. The summed E-state index contributed by atoms with van der Waals surface area (Å²) in [6, 6.07) is 4.61. The standard InChI is InChI=1S/C13H12F3NO3/c1-19-12-3-2-8(13(14,15)16)6-10(12)11-7-9(4-5-18)20-17-11/h2-3,6-7,18H,4-5H2,1H3. The molecule has 0 bridgehead atoms. The van der Waals surface area contributed by atoms with Gasteiger partial charge in [0.2, 0.25) is 0 Å². The van der Waals surface area contributed by atoms with E-state index in [0.29, 0.717) is 5.76 Å². The van der Waals surface area contributed by atoms with Crippen LogP contribution in [0.25, 0.3) is 11.3 Å².